The molecule has 0 radical (unpaired) electrons. The fraction of sp³-hybridized carbons (Fsp3) is 0.545. The van der Waals surface area contributed by atoms with E-state index in [-0.39, 0.29) is 21.5 Å². The molecule has 1 heterocycles. The molecule has 0 unspecified atom stereocenters. The van der Waals surface area contributed by atoms with Crippen LogP contribution in [0.15, 0.2) is 23.2 Å². The quantitative estimate of drug-likeness (QED) is 0.393. The molecule has 10 heteroatoms. The summed E-state index contributed by atoms with van der Waals surface area (Å²) in [6, 6.07) is 3.69. The van der Waals surface area contributed by atoms with Crippen LogP contribution in [0.25, 0.3) is 0 Å². The van der Waals surface area contributed by atoms with Gasteiger partial charge in [0.1, 0.15) is 6.04 Å². The molecular weight excluding hydrogens is 455 g/mol. The highest BCUT2D eigenvalue weighted by molar-refractivity contribution is 6.39. The Morgan fingerprint density at radius 2 is 1.75 bits per heavy atom. The summed E-state index contributed by atoms with van der Waals surface area (Å²) in [6.07, 6.45) is 5.82. The zero-order valence-electron chi connectivity index (χ0n) is 18.2. The van der Waals surface area contributed by atoms with E-state index in [2.05, 4.69) is 15.6 Å². The highest BCUT2D eigenvalue weighted by Crippen LogP contribution is 2.24. The molecule has 3 N–H and O–H groups in total. The van der Waals surface area contributed by atoms with Gasteiger partial charge in [-0.25, -0.2) is 4.79 Å². The van der Waals surface area contributed by atoms with Crippen molar-refractivity contribution in [3.63, 3.8) is 0 Å². The molecule has 0 spiro atoms. The highest BCUT2D eigenvalue weighted by Gasteiger charge is 2.23. The zero-order chi connectivity index (χ0) is 23.5. The molecule has 1 atom stereocenters. The van der Waals surface area contributed by atoms with Gasteiger partial charge in [-0.2, -0.15) is 0 Å². The van der Waals surface area contributed by atoms with Crippen molar-refractivity contribution in [2.45, 2.75) is 51.0 Å². The Bertz CT molecular complexity index is 827. The van der Waals surface area contributed by atoms with Crippen LogP contribution in [0.4, 0.5) is 0 Å². The predicted octanol–water partition coefficient (Wildman–Crippen LogP) is 3.37. The van der Waals surface area contributed by atoms with Crippen LogP contribution in [0.1, 0.15) is 55.3 Å². The number of benzene rings is 1. The summed E-state index contributed by atoms with van der Waals surface area (Å²) < 4.78 is 0. The monoisotopic (exact) mass is 484 g/mol. The molecule has 0 fully saturated rings. The van der Waals surface area contributed by atoms with Gasteiger partial charge >= 0.3 is 5.97 Å². The van der Waals surface area contributed by atoms with Gasteiger partial charge in [-0.1, -0.05) is 61.4 Å². The zero-order valence-corrected chi connectivity index (χ0v) is 19.7. The van der Waals surface area contributed by atoms with Crippen LogP contribution in [-0.4, -0.2) is 66.3 Å². The number of carboxylic acid groups (broad SMARTS) is 1. The van der Waals surface area contributed by atoms with Gasteiger partial charge < -0.3 is 20.6 Å². The molecule has 2 amide bonds. The van der Waals surface area contributed by atoms with Gasteiger partial charge in [-0.15, -0.1) is 0 Å². The van der Waals surface area contributed by atoms with E-state index in [0.717, 1.165) is 32.1 Å². The lowest BCUT2D eigenvalue weighted by Gasteiger charge is -2.22. The van der Waals surface area contributed by atoms with E-state index in [1.54, 1.807) is 18.0 Å². The first-order chi connectivity index (χ1) is 15.3. The SMILES string of the molecule is CN1CCN=C(NCCCCCCCC[C@@H](NC(=O)c2c(Cl)cccc2Cl)C(=O)O)C1=O. The highest BCUT2D eigenvalue weighted by atomic mass is 35.5. The molecule has 1 aliphatic heterocycles. The average molecular weight is 485 g/mol. The minimum Gasteiger partial charge on any atom is -0.480 e. The van der Waals surface area contributed by atoms with Crippen molar-refractivity contribution in [1.29, 1.82) is 0 Å². The first kappa shape index (κ1) is 25.9. The van der Waals surface area contributed by atoms with Crippen molar-refractivity contribution in [3.05, 3.63) is 33.8 Å². The van der Waals surface area contributed by atoms with E-state index >= 15 is 0 Å². The number of aliphatic carboxylic acids is 1. The number of halogens is 2. The number of aliphatic imine (C=N–C) groups is 1. The number of nitrogens with zero attached hydrogens (tertiary/aromatic N) is 2. The van der Waals surface area contributed by atoms with E-state index in [9.17, 15) is 19.5 Å². The van der Waals surface area contributed by atoms with Crippen molar-refractivity contribution in [3.8, 4) is 0 Å². The second-order valence-electron chi connectivity index (χ2n) is 7.75. The largest absolute Gasteiger partial charge is 0.480 e. The van der Waals surface area contributed by atoms with Crippen molar-refractivity contribution < 1.29 is 19.5 Å². The van der Waals surface area contributed by atoms with Crippen LogP contribution >= 0.6 is 23.2 Å². The van der Waals surface area contributed by atoms with E-state index in [0.29, 0.717) is 38.3 Å². The van der Waals surface area contributed by atoms with Crippen LogP contribution < -0.4 is 10.6 Å². The maximum atomic E-state index is 12.4. The molecule has 0 aromatic heterocycles. The van der Waals surface area contributed by atoms with Gasteiger partial charge in [-0.3, -0.25) is 14.6 Å². The number of unbranched alkanes of at least 4 members (excludes halogenated alkanes) is 5. The summed E-state index contributed by atoms with van der Waals surface area (Å²) in [7, 11) is 1.77. The summed E-state index contributed by atoms with van der Waals surface area (Å²) in [4.78, 5) is 41.7. The molecule has 1 aromatic rings. The van der Waals surface area contributed by atoms with Gasteiger partial charge in [0.25, 0.3) is 11.8 Å². The number of carboxylic acids is 1. The Morgan fingerprint density at radius 3 is 2.41 bits per heavy atom. The molecule has 0 saturated carbocycles. The number of rotatable bonds is 12. The number of carbonyl (C=O) groups is 3. The number of amides is 2. The van der Waals surface area contributed by atoms with Crippen molar-refractivity contribution in [2.75, 3.05) is 26.7 Å². The number of nitrogens with one attached hydrogen (secondary N) is 2. The smallest absolute Gasteiger partial charge is 0.326 e. The van der Waals surface area contributed by atoms with Gasteiger partial charge in [-0.05, 0) is 25.0 Å². The molecule has 0 aliphatic carbocycles. The van der Waals surface area contributed by atoms with E-state index in [1.165, 1.54) is 12.1 Å². The van der Waals surface area contributed by atoms with Gasteiger partial charge in [0.2, 0.25) is 0 Å². The fourth-order valence-corrected chi connectivity index (χ4v) is 3.95. The summed E-state index contributed by atoms with van der Waals surface area (Å²) >= 11 is 12.0. The number of hydrogen-bond donors (Lipinski definition) is 3. The topological polar surface area (TPSA) is 111 Å². The van der Waals surface area contributed by atoms with Gasteiger partial charge in [0.05, 0.1) is 22.2 Å². The van der Waals surface area contributed by atoms with Crippen LogP contribution in [0.3, 0.4) is 0 Å². The first-order valence-electron chi connectivity index (χ1n) is 10.8. The normalized spacial score (nSPS) is 14.7. The summed E-state index contributed by atoms with van der Waals surface area (Å²) in [6.45, 7) is 1.99. The van der Waals surface area contributed by atoms with Crippen LogP contribution in [-0.2, 0) is 9.59 Å². The van der Waals surface area contributed by atoms with Crippen LogP contribution in [0.2, 0.25) is 10.0 Å². The lowest BCUT2D eigenvalue weighted by atomic mass is 10.0. The van der Waals surface area contributed by atoms with E-state index in [1.807, 2.05) is 0 Å². The number of likely N-dealkylation sites (N-methyl/N-ethyl adjacent to an activating group) is 1. The van der Waals surface area contributed by atoms with Crippen molar-refractivity contribution >= 4 is 46.8 Å². The molecule has 1 aromatic carbocycles. The molecular formula is C22H30Cl2N4O4. The Morgan fingerprint density at radius 1 is 1.12 bits per heavy atom. The lowest BCUT2D eigenvalue weighted by Crippen LogP contribution is -2.45. The Kier molecular flexibility index (Phi) is 10.8. The second-order valence-corrected chi connectivity index (χ2v) is 8.57. The third-order valence-electron chi connectivity index (χ3n) is 5.26. The summed E-state index contributed by atoms with van der Waals surface area (Å²) in [5, 5.41) is 15.4. The first-order valence-corrected chi connectivity index (χ1v) is 11.6. The van der Waals surface area contributed by atoms with E-state index in [4.69, 9.17) is 23.2 Å². The fourth-order valence-electron chi connectivity index (χ4n) is 3.38. The molecule has 2 rings (SSSR count). The maximum Gasteiger partial charge on any atom is 0.326 e. The standard InChI is InChI=1S/C22H30Cl2N4O4/c1-28-14-13-26-19(21(28)30)25-12-7-5-3-2-4-6-11-17(22(31)32)27-20(29)18-15(23)9-8-10-16(18)24/h8-10,17H,2-7,11-14H2,1H3,(H,25,26)(H,27,29)(H,31,32)/t17-/m1/s1. The molecule has 32 heavy (non-hydrogen) atoms. The van der Waals surface area contributed by atoms with Crippen molar-refractivity contribution in [2.24, 2.45) is 4.99 Å². The summed E-state index contributed by atoms with van der Waals surface area (Å²) in [5.74, 6) is -1.29. The number of amidine groups is 1. The average Bonchev–Trinajstić information content (AvgIpc) is 2.74. The van der Waals surface area contributed by atoms with Crippen LogP contribution in [0, 0.1) is 0 Å². The molecule has 176 valence electrons. The number of hydrogen-bond acceptors (Lipinski definition) is 5. The Labute approximate surface area is 198 Å². The minimum atomic E-state index is -1.08. The molecule has 0 bridgehead atoms. The maximum absolute atomic E-state index is 12.4. The van der Waals surface area contributed by atoms with Crippen molar-refractivity contribution in [1.82, 2.24) is 15.5 Å². The van der Waals surface area contributed by atoms with E-state index < -0.39 is 17.9 Å². The molecule has 0 saturated heterocycles. The number of carbonyl (C=O) groups excluding carboxylic acids is 2. The third kappa shape index (κ3) is 7.98. The lowest BCUT2D eigenvalue weighted by molar-refractivity contribution is -0.139. The predicted molar refractivity (Wildman–Crippen MR) is 126 cm³/mol. The Hall–Kier alpha value is -2.32. The van der Waals surface area contributed by atoms with Gasteiger partial charge in [0.15, 0.2) is 5.84 Å². The second kappa shape index (κ2) is 13.3. The Balaban J connectivity index is 1.61. The third-order valence-corrected chi connectivity index (χ3v) is 5.89. The molecule has 8 nitrogen and oxygen atoms in total. The van der Waals surface area contributed by atoms with Gasteiger partial charge in [0, 0.05) is 20.1 Å². The summed E-state index contributed by atoms with van der Waals surface area (Å²) in [5.41, 5.74) is 0.0863. The van der Waals surface area contributed by atoms with Crippen LogP contribution in [0.5, 0.6) is 0 Å². The minimum absolute atomic E-state index is 0.0619. The molecule has 1 aliphatic rings.